The summed E-state index contributed by atoms with van der Waals surface area (Å²) in [5, 5.41) is 0.567. The lowest BCUT2D eigenvalue weighted by molar-refractivity contribution is 0.399. The Morgan fingerprint density at radius 2 is 0.853 bits per heavy atom. The van der Waals surface area contributed by atoms with Crippen LogP contribution in [0.15, 0.2) is 72.8 Å². The molecule has 34 heavy (non-hydrogen) atoms. The Balaban J connectivity index is 1.83. The maximum atomic E-state index is 14.1. The normalized spacial score (nSPS) is 11.4. The number of unbranched alkanes of at least 4 members (excludes halogenated alkanes) is 3. The highest BCUT2D eigenvalue weighted by Gasteiger charge is 2.31. The molecule has 0 bridgehead atoms. The van der Waals surface area contributed by atoms with Gasteiger partial charge in [0, 0.05) is 0 Å². The second-order valence-corrected chi connectivity index (χ2v) is 10.8. The van der Waals surface area contributed by atoms with Gasteiger partial charge in [0.15, 0.2) is 0 Å². The van der Waals surface area contributed by atoms with Crippen molar-refractivity contribution in [1.29, 1.82) is 0 Å². The lowest BCUT2D eigenvalue weighted by Crippen LogP contribution is -2.15. The quantitative estimate of drug-likeness (QED) is 0.217. The number of hydrogen-bond acceptors (Lipinski definition) is 3. The summed E-state index contributed by atoms with van der Waals surface area (Å²) in [7, 11) is -3.63. The number of benzene rings is 3. The van der Waals surface area contributed by atoms with Crippen LogP contribution in [-0.2, 0) is 23.8 Å². The zero-order chi connectivity index (χ0) is 24.2. The Labute approximate surface area is 206 Å². The van der Waals surface area contributed by atoms with Gasteiger partial charge in [-0.2, -0.15) is 0 Å². The molecule has 0 saturated heterocycles. The Morgan fingerprint density at radius 1 is 0.529 bits per heavy atom. The molecular formula is C30H39O3P. The van der Waals surface area contributed by atoms with Crippen molar-refractivity contribution in [3.63, 3.8) is 0 Å². The summed E-state index contributed by atoms with van der Waals surface area (Å²) in [5.41, 5.74) is 3.75. The molecule has 0 N–H and O–H groups in total. The zero-order valence-corrected chi connectivity index (χ0v) is 21.9. The fourth-order valence-corrected chi connectivity index (χ4v) is 5.38. The lowest BCUT2D eigenvalue weighted by Gasteiger charge is -2.21. The third kappa shape index (κ3) is 7.77. The summed E-state index contributed by atoms with van der Waals surface area (Å²) in [6.07, 6.45) is 10.00. The molecule has 0 aliphatic rings. The minimum Gasteiger partial charge on any atom is -0.413 e. The average Bonchev–Trinajstić information content (AvgIpc) is 2.87. The zero-order valence-electron chi connectivity index (χ0n) is 21.0. The molecule has 0 heterocycles. The van der Waals surface area contributed by atoms with E-state index in [1.165, 1.54) is 16.7 Å². The van der Waals surface area contributed by atoms with Crippen LogP contribution in [0.5, 0.6) is 11.5 Å². The molecule has 182 valence electrons. The number of rotatable bonds is 14. The van der Waals surface area contributed by atoms with E-state index in [1.807, 2.05) is 72.8 Å². The predicted molar refractivity (Wildman–Crippen MR) is 144 cm³/mol. The highest BCUT2D eigenvalue weighted by Crippen LogP contribution is 2.47. The second kappa shape index (κ2) is 13.4. The number of hydrogen-bond donors (Lipinski definition) is 0. The SMILES string of the molecule is CCCCc1ccc(OP(=O)(Oc2ccc(CCCC)cc2)c2ccc(CCCC)cc2)cc1. The third-order valence-electron chi connectivity index (χ3n) is 6.01. The summed E-state index contributed by atoms with van der Waals surface area (Å²) in [6, 6.07) is 23.6. The van der Waals surface area contributed by atoms with Crippen LogP contribution in [-0.4, -0.2) is 0 Å². The second-order valence-electron chi connectivity index (χ2n) is 8.95. The van der Waals surface area contributed by atoms with Gasteiger partial charge in [0.05, 0.1) is 5.30 Å². The van der Waals surface area contributed by atoms with Crippen LogP contribution in [0.1, 0.15) is 76.0 Å². The van der Waals surface area contributed by atoms with Gasteiger partial charge >= 0.3 is 7.60 Å². The average molecular weight is 479 g/mol. The first kappa shape index (κ1) is 26.1. The monoisotopic (exact) mass is 478 g/mol. The Kier molecular flexibility index (Phi) is 10.3. The van der Waals surface area contributed by atoms with Crippen molar-refractivity contribution in [2.45, 2.75) is 78.6 Å². The van der Waals surface area contributed by atoms with Crippen molar-refractivity contribution in [2.24, 2.45) is 0 Å². The van der Waals surface area contributed by atoms with Gasteiger partial charge in [-0.15, -0.1) is 0 Å². The summed E-state index contributed by atoms with van der Waals surface area (Å²) < 4.78 is 26.4. The van der Waals surface area contributed by atoms with Gasteiger partial charge < -0.3 is 9.05 Å². The van der Waals surface area contributed by atoms with E-state index in [4.69, 9.17) is 9.05 Å². The van der Waals surface area contributed by atoms with Crippen LogP contribution < -0.4 is 14.4 Å². The molecule has 3 aromatic rings. The largest absolute Gasteiger partial charge is 0.462 e. The van der Waals surface area contributed by atoms with Crippen LogP contribution in [0.25, 0.3) is 0 Å². The molecule has 0 fully saturated rings. The first-order chi connectivity index (χ1) is 16.6. The van der Waals surface area contributed by atoms with Crippen molar-refractivity contribution < 1.29 is 13.6 Å². The minimum atomic E-state index is -3.63. The molecule has 0 radical (unpaired) electrons. The maximum absolute atomic E-state index is 14.1. The Bertz CT molecular complexity index is 967. The van der Waals surface area contributed by atoms with Gasteiger partial charge in [-0.25, -0.2) is 4.57 Å². The van der Waals surface area contributed by atoms with Crippen LogP contribution >= 0.6 is 7.60 Å². The van der Waals surface area contributed by atoms with Crippen LogP contribution in [0.3, 0.4) is 0 Å². The van der Waals surface area contributed by atoms with Gasteiger partial charge in [0.1, 0.15) is 11.5 Å². The van der Waals surface area contributed by atoms with E-state index < -0.39 is 7.60 Å². The highest BCUT2D eigenvalue weighted by atomic mass is 31.2. The van der Waals surface area contributed by atoms with Crippen LogP contribution in [0.4, 0.5) is 0 Å². The molecule has 0 aliphatic carbocycles. The van der Waals surface area contributed by atoms with Gasteiger partial charge in [0.2, 0.25) is 0 Å². The summed E-state index contributed by atoms with van der Waals surface area (Å²) >= 11 is 0. The van der Waals surface area contributed by atoms with E-state index in [-0.39, 0.29) is 0 Å². The minimum absolute atomic E-state index is 0.554. The molecule has 0 amide bonds. The molecule has 4 heteroatoms. The molecule has 0 unspecified atom stereocenters. The van der Waals surface area contributed by atoms with Crippen molar-refractivity contribution in [1.82, 2.24) is 0 Å². The topological polar surface area (TPSA) is 35.5 Å². The van der Waals surface area contributed by atoms with E-state index in [2.05, 4.69) is 20.8 Å². The summed E-state index contributed by atoms with van der Waals surface area (Å²) in [5.74, 6) is 1.11. The van der Waals surface area contributed by atoms with E-state index in [9.17, 15) is 4.57 Å². The van der Waals surface area contributed by atoms with Crippen LogP contribution in [0, 0.1) is 0 Å². The molecule has 0 atom stereocenters. The summed E-state index contributed by atoms with van der Waals surface area (Å²) in [6.45, 7) is 6.56. The molecule has 0 aromatic heterocycles. The smallest absolute Gasteiger partial charge is 0.413 e. The first-order valence-electron chi connectivity index (χ1n) is 12.8. The molecule has 3 rings (SSSR count). The molecule has 3 nitrogen and oxygen atoms in total. The van der Waals surface area contributed by atoms with E-state index in [0.717, 1.165) is 57.8 Å². The Hall–Kier alpha value is -2.51. The van der Waals surface area contributed by atoms with E-state index in [1.54, 1.807) is 0 Å². The van der Waals surface area contributed by atoms with Crippen molar-refractivity contribution in [2.75, 3.05) is 0 Å². The fraction of sp³-hybridized carbons (Fsp3) is 0.400. The standard InChI is InChI=1S/C30H39O3P/c1-4-7-10-25-13-19-28(20-14-25)32-34(31,30-23-17-27(18-24-30)12-9-6-3)33-29-21-15-26(16-22-29)11-8-5-2/h13-24H,4-12H2,1-3H3. The Morgan fingerprint density at radius 3 is 1.18 bits per heavy atom. The van der Waals surface area contributed by atoms with Gasteiger partial charge in [-0.1, -0.05) is 76.4 Å². The van der Waals surface area contributed by atoms with Gasteiger partial charge in [0.25, 0.3) is 0 Å². The molecule has 3 aromatic carbocycles. The predicted octanol–water partition coefficient (Wildman–Crippen LogP) is 8.69. The molecular weight excluding hydrogens is 439 g/mol. The molecule has 0 saturated carbocycles. The molecule has 0 spiro atoms. The van der Waals surface area contributed by atoms with Crippen molar-refractivity contribution >= 4 is 12.9 Å². The number of aryl methyl sites for hydroxylation is 3. The fourth-order valence-electron chi connectivity index (χ4n) is 3.82. The highest BCUT2D eigenvalue weighted by molar-refractivity contribution is 7.63. The summed E-state index contributed by atoms with van der Waals surface area (Å²) in [4.78, 5) is 0. The third-order valence-corrected chi connectivity index (χ3v) is 7.84. The maximum Gasteiger partial charge on any atom is 0.462 e. The van der Waals surface area contributed by atoms with Crippen LogP contribution in [0.2, 0.25) is 0 Å². The van der Waals surface area contributed by atoms with Gasteiger partial charge in [-0.3, -0.25) is 0 Å². The van der Waals surface area contributed by atoms with E-state index in [0.29, 0.717) is 16.8 Å². The molecule has 0 aliphatic heterocycles. The van der Waals surface area contributed by atoms with Gasteiger partial charge in [-0.05, 0) is 91.6 Å². The van der Waals surface area contributed by atoms with Crippen molar-refractivity contribution in [3.8, 4) is 11.5 Å². The first-order valence-corrected chi connectivity index (χ1v) is 14.4. The lowest BCUT2D eigenvalue weighted by atomic mass is 10.1. The van der Waals surface area contributed by atoms with E-state index >= 15 is 0 Å². The van der Waals surface area contributed by atoms with Crippen molar-refractivity contribution in [3.05, 3.63) is 89.5 Å².